The zero-order chi connectivity index (χ0) is 19.6. The Hall–Kier alpha value is -2.78. The lowest BCUT2D eigenvalue weighted by molar-refractivity contribution is -0.151. The fraction of sp³-hybridized carbons (Fsp3) is 0.364. The number of oxime groups is 1. The third kappa shape index (κ3) is 3.58. The van der Waals surface area contributed by atoms with E-state index < -0.39 is 40.1 Å². The maximum absolute atomic E-state index is 12.4. The Morgan fingerprint density at radius 1 is 1.50 bits per heavy atom. The molecule has 1 fully saturated rings. The van der Waals surface area contributed by atoms with E-state index in [9.17, 15) is 22.8 Å². The molecule has 0 spiro atoms. The Kier molecular flexibility index (Phi) is 5.43. The molecule has 5 N–H and O–H groups in total. The summed E-state index contributed by atoms with van der Waals surface area (Å²) in [5.74, 6) is -3.06. The minimum absolute atomic E-state index is 0.0370. The summed E-state index contributed by atoms with van der Waals surface area (Å²) in [6.45, 7) is 0. The molecule has 0 bridgehead atoms. The van der Waals surface area contributed by atoms with Crippen molar-refractivity contribution in [1.29, 1.82) is 0 Å². The van der Waals surface area contributed by atoms with Crippen LogP contribution in [-0.4, -0.2) is 71.9 Å². The van der Waals surface area contributed by atoms with E-state index in [1.54, 1.807) is 0 Å². The van der Waals surface area contributed by atoms with E-state index in [2.05, 4.69) is 25.6 Å². The van der Waals surface area contributed by atoms with Crippen LogP contribution in [0, 0.1) is 0 Å². The zero-order valence-corrected chi connectivity index (χ0v) is 15.0. The van der Waals surface area contributed by atoms with Gasteiger partial charge in [-0.05, 0) is 0 Å². The summed E-state index contributed by atoms with van der Waals surface area (Å²) in [7, 11) is -2.61. The molecule has 26 heavy (non-hydrogen) atoms. The lowest BCUT2D eigenvalue weighted by Gasteiger charge is -2.42. The van der Waals surface area contributed by atoms with Crippen molar-refractivity contribution in [3.8, 4) is 0 Å². The molecule has 0 aromatic carbocycles. The average molecular weight is 406 g/mol. The molecular weight excluding hydrogens is 392 g/mol. The maximum Gasteiger partial charge on any atom is 0.363 e. The Morgan fingerprint density at radius 2 is 2.15 bits per heavy atom. The maximum atomic E-state index is 12.4. The molecule has 0 unspecified atom stereocenters. The van der Waals surface area contributed by atoms with Gasteiger partial charge in [-0.1, -0.05) is 5.16 Å². The molecule has 1 aliphatic heterocycles. The summed E-state index contributed by atoms with van der Waals surface area (Å²) < 4.78 is 31.5. The van der Waals surface area contributed by atoms with Gasteiger partial charge in [-0.15, -0.1) is 11.3 Å². The lowest BCUT2D eigenvalue weighted by atomic mass is 9.97. The van der Waals surface area contributed by atoms with E-state index >= 15 is 0 Å². The van der Waals surface area contributed by atoms with Crippen molar-refractivity contribution in [2.75, 3.05) is 19.9 Å². The summed E-state index contributed by atoms with van der Waals surface area (Å²) in [5.41, 5.74) is 5.21. The molecule has 0 radical (unpaired) electrons. The van der Waals surface area contributed by atoms with E-state index in [0.717, 1.165) is 11.3 Å². The van der Waals surface area contributed by atoms with Gasteiger partial charge in [0.1, 0.15) is 18.8 Å². The number of amides is 3. The first-order valence-corrected chi connectivity index (χ1v) is 9.05. The van der Waals surface area contributed by atoms with Crippen molar-refractivity contribution < 1.29 is 32.2 Å². The second-order valence-electron chi connectivity index (χ2n) is 4.82. The smallest absolute Gasteiger partial charge is 0.363 e. The third-order valence-electron chi connectivity index (χ3n) is 3.26. The van der Waals surface area contributed by atoms with E-state index in [0.29, 0.717) is 0 Å². The Morgan fingerprint density at radius 3 is 2.62 bits per heavy atom. The van der Waals surface area contributed by atoms with Crippen molar-refractivity contribution in [2.24, 2.45) is 5.16 Å². The number of aromatic nitrogens is 1. The van der Waals surface area contributed by atoms with E-state index in [-0.39, 0.29) is 20.8 Å². The predicted molar refractivity (Wildman–Crippen MR) is 88.3 cm³/mol. The molecule has 0 aliphatic carbocycles. The Labute approximate surface area is 151 Å². The first kappa shape index (κ1) is 19.5. The van der Waals surface area contributed by atoms with Gasteiger partial charge in [-0.25, -0.2) is 4.98 Å². The average Bonchev–Trinajstić information content (AvgIpc) is 2.98. The number of thiazole rings is 1. The number of carbonyl (C=O) groups is 3. The molecule has 1 aromatic rings. The highest BCUT2D eigenvalue weighted by atomic mass is 32.2. The van der Waals surface area contributed by atoms with E-state index in [1.165, 1.54) is 19.5 Å². The number of anilines is 1. The van der Waals surface area contributed by atoms with Gasteiger partial charge in [-0.3, -0.25) is 18.9 Å². The molecule has 1 aromatic heterocycles. The minimum Gasteiger partial charge on any atom is -0.398 e. The van der Waals surface area contributed by atoms with Gasteiger partial charge in [0.05, 0.1) is 0 Å². The second-order valence-corrected chi connectivity index (χ2v) is 6.99. The standard InChI is InChI=1S/C11H14N6O7S2/c1-13-9(19)7-6(10(20)17(7)26(21,22)23)15-8(18)5(16-24-2)4-3-25-11(12)14-4/h3,6-7H,1-2H3,(H2,12,14)(H,13,19)(H,15,18)(H,21,22,23)/t6-,7-/m0/s1. The Balaban J connectivity index is 2.27. The molecular formula is C11H14N6O7S2. The van der Waals surface area contributed by atoms with Crippen LogP contribution in [0.1, 0.15) is 5.69 Å². The topological polar surface area (TPSA) is 193 Å². The Bertz CT molecular complexity index is 879. The minimum atomic E-state index is -4.98. The highest BCUT2D eigenvalue weighted by Gasteiger charge is 2.57. The van der Waals surface area contributed by atoms with Crippen LogP contribution in [0.3, 0.4) is 0 Å². The number of nitrogens with two attached hydrogens (primary N) is 1. The van der Waals surface area contributed by atoms with Crippen LogP contribution in [0.4, 0.5) is 5.13 Å². The second kappa shape index (κ2) is 7.22. The van der Waals surface area contributed by atoms with Crippen molar-refractivity contribution >= 4 is 50.2 Å². The molecule has 0 saturated carbocycles. The van der Waals surface area contributed by atoms with Crippen LogP contribution < -0.4 is 16.4 Å². The molecule has 3 amide bonds. The largest absolute Gasteiger partial charge is 0.398 e. The molecule has 2 atom stereocenters. The first-order chi connectivity index (χ1) is 12.1. The molecule has 1 saturated heterocycles. The molecule has 13 nitrogen and oxygen atoms in total. The number of β-lactam (4-membered cyclic amide) rings is 1. The van der Waals surface area contributed by atoms with Crippen molar-refractivity contribution in [3.63, 3.8) is 0 Å². The van der Waals surface area contributed by atoms with Crippen molar-refractivity contribution in [2.45, 2.75) is 12.1 Å². The van der Waals surface area contributed by atoms with Crippen molar-refractivity contribution in [1.82, 2.24) is 19.9 Å². The SMILES string of the molecule is CNC(=O)[C@@H]1[C@H](NC(=O)C(=NOC)c2csc(N)n2)C(=O)N1S(=O)(=O)O. The molecule has 2 heterocycles. The van der Waals surface area contributed by atoms with E-state index in [4.69, 9.17) is 10.3 Å². The fourth-order valence-electron chi connectivity index (χ4n) is 2.17. The number of nitrogens with one attached hydrogen (secondary N) is 2. The predicted octanol–water partition coefficient (Wildman–Crippen LogP) is -2.68. The van der Waals surface area contributed by atoms with E-state index in [1.807, 2.05) is 0 Å². The van der Waals surface area contributed by atoms with Gasteiger partial charge in [0.2, 0.25) is 5.91 Å². The monoisotopic (exact) mass is 406 g/mol. The number of hydrogen-bond acceptors (Lipinski definition) is 10. The van der Waals surface area contributed by atoms with Crippen LogP contribution in [0.25, 0.3) is 0 Å². The first-order valence-electron chi connectivity index (χ1n) is 6.77. The van der Waals surface area contributed by atoms with Gasteiger partial charge < -0.3 is 21.2 Å². The summed E-state index contributed by atoms with van der Waals surface area (Å²) in [6, 6.07) is -3.20. The quantitative estimate of drug-likeness (QED) is 0.168. The number of nitrogen functional groups attached to an aromatic ring is 1. The number of likely N-dealkylation sites (N-methyl/N-ethyl adjacent to an activating group) is 1. The van der Waals surface area contributed by atoms with Gasteiger partial charge in [-0.2, -0.15) is 12.7 Å². The van der Waals surface area contributed by atoms with Crippen LogP contribution in [0.5, 0.6) is 0 Å². The number of nitrogens with zero attached hydrogens (tertiary/aromatic N) is 3. The molecule has 2 rings (SSSR count). The number of hydrogen-bond donors (Lipinski definition) is 4. The summed E-state index contributed by atoms with van der Waals surface area (Å²) in [5, 5.41) is 9.38. The summed E-state index contributed by atoms with van der Waals surface area (Å²) >= 11 is 1.03. The number of rotatable bonds is 6. The molecule has 15 heteroatoms. The van der Waals surface area contributed by atoms with Gasteiger partial charge in [0, 0.05) is 12.4 Å². The summed E-state index contributed by atoms with van der Waals surface area (Å²) in [6.07, 6.45) is 0. The van der Waals surface area contributed by atoms with Crippen LogP contribution >= 0.6 is 11.3 Å². The highest BCUT2D eigenvalue weighted by molar-refractivity contribution is 7.84. The van der Waals surface area contributed by atoms with Crippen LogP contribution in [-0.2, 0) is 29.5 Å². The third-order valence-corrected chi connectivity index (χ3v) is 4.84. The number of carbonyl (C=O) groups excluding carboxylic acids is 3. The van der Waals surface area contributed by atoms with Crippen LogP contribution in [0.2, 0.25) is 0 Å². The lowest BCUT2D eigenvalue weighted by Crippen LogP contribution is -2.75. The highest BCUT2D eigenvalue weighted by Crippen LogP contribution is 2.24. The summed E-state index contributed by atoms with van der Waals surface area (Å²) in [4.78, 5) is 44.6. The van der Waals surface area contributed by atoms with Gasteiger partial charge in [0.15, 0.2) is 16.9 Å². The van der Waals surface area contributed by atoms with Gasteiger partial charge in [0.25, 0.3) is 11.8 Å². The normalized spacial score (nSPS) is 20.3. The van der Waals surface area contributed by atoms with Crippen molar-refractivity contribution in [3.05, 3.63) is 11.1 Å². The van der Waals surface area contributed by atoms with Crippen LogP contribution in [0.15, 0.2) is 10.5 Å². The molecule has 1 aliphatic rings. The molecule has 142 valence electrons. The fourth-order valence-corrected chi connectivity index (χ4v) is 3.56. The zero-order valence-electron chi connectivity index (χ0n) is 13.4. The van der Waals surface area contributed by atoms with Gasteiger partial charge >= 0.3 is 10.3 Å².